The van der Waals surface area contributed by atoms with Gasteiger partial charge in [0.1, 0.15) is 12.4 Å². The molecule has 1 aromatic heterocycles. The molecule has 0 aliphatic rings. The van der Waals surface area contributed by atoms with Crippen LogP contribution >= 0.6 is 27.5 Å². The van der Waals surface area contributed by atoms with Crippen LogP contribution in [0.5, 0.6) is 0 Å². The molecule has 0 aliphatic heterocycles. The van der Waals surface area contributed by atoms with Gasteiger partial charge in [-0.05, 0) is 36.4 Å². The number of halogens is 2. The van der Waals surface area contributed by atoms with E-state index in [0.717, 1.165) is 21.1 Å². The molecule has 6 heteroatoms. The average Bonchev–Trinajstić information content (AvgIpc) is 2.97. The highest BCUT2D eigenvalue weighted by atomic mass is 79.9. The molecule has 0 unspecified atom stereocenters. The number of esters is 1. The van der Waals surface area contributed by atoms with E-state index < -0.39 is 5.97 Å². The first kappa shape index (κ1) is 15.8. The van der Waals surface area contributed by atoms with E-state index in [0.29, 0.717) is 16.4 Å². The Hall–Kier alpha value is -2.11. The largest absolute Gasteiger partial charge is 0.458 e. The number of aromatic amines is 1. The summed E-state index contributed by atoms with van der Waals surface area (Å²) >= 11 is 9.66. The molecule has 1 N–H and O–H groups in total. The Balaban J connectivity index is 2.00. The van der Waals surface area contributed by atoms with Crippen molar-refractivity contribution in [2.75, 3.05) is 6.61 Å². The predicted molar refractivity (Wildman–Crippen MR) is 94.7 cm³/mol. The molecule has 0 saturated carbocycles. The van der Waals surface area contributed by atoms with Crippen molar-refractivity contribution in [3.05, 3.63) is 64.1 Å². The first-order valence-corrected chi connectivity index (χ1v) is 7.99. The second kappa shape index (κ2) is 6.56. The lowest BCUT2D eigenvalue weighted by atomic mass is 10.2. The fraction of sp³-hybridized carbons (Fsp3) is 0.0588. The van der Waals surface area contributed by atoms with Crippen molar-refractivity contribution in [2.24, 2.45) is 0 Å². The SMILES string of the molecule is C=CCOC(=O)c1ccc2nc(-c3cc(Br)ccc3Cl)[nH]c2c1. The standard InChI is InChI=1S/C17H12BrClN2O2/c1-2-7-23-17(22)10-3-6-14-15(8-10)21-16(20-14)12-9-11(18)4-5-13(12)19/h2-6,8-9H,1,7H2,(H,20,21). The molecule has 1 heterocycles. The van der Waals surface area contributed by atoms with Gasteiger partial charge in [-0.25, -0.2) is 9.78 Å². The van der Waals surface area contributed by atoms with Crippen molar-refractivity contribution >= 4 is 44.5 Å². The van der Waals surface area contributed by atoms with E-state index >= 15 is 0 Å². The molecule has 0 radical (unpaired) electrons. The number of hydrogen-bond donors (Lipinski definition) is 1. The van der Waals surface area contributed by atoms with Gasteiger partial charge in [0.25, 0.3) is 0 Å². The van der Waals surface area contributed by atoms with Crippen LogP contribution in [0.2, 0.25) is 5.02 Å². The highest BCUT2D eigenvalue weighted by Gasteiger charge is 2.12. The van der Waals surface area contributed by atoms with Crippen LogP contribution in [0.15, 0.2) is 53.5 Å². The Morgan fingerprint density at radius 2 is 2.17 bits per heavy atom. The summed E-state index contributed by atoms with van der Waals surface area (Å²) in [5.74, 6) is 0.242. The fourth-order valence-corrected chi connectivity index (χ4v) is 2.73. The number of aromatic nitrogens is 2. The van der Waals surface area contributed by atoms with Gasteiger partial charge in [0.05, 0.1) is 21.6 Å². The van der Waals surface area contributed by atoms with E-state index in [1.807, 2.05) is 12.1 Å². The summed E-state index contributed by atoms with van der Waals surface area (Å²) in [5, 5.41) is 0.595. The van der Waals surface area contributed by atoms with Crippen LogP contribution in [0.1, 0.15) is 10.4 Å². The lowest BCUT2D eigenvalue weighted by Gasteiger charge is -2.01. The first-order valence-electron chi connectivity index (χ1n) is 6.81. The molecule has 2 aromatic carbocycles. The van der Waals surface area contributed by atoms with Gasteiger partial charge < -0.3 is 9.72 Å². The number of nitrogens with one attached hydrogen (secondary N) is 1. The molecule has 4 nitrogen and oxygen atoms in total. The number of fused-ring (bicyclic) bond motifs is 1. The van der Waals surface area contributed by atoms with Crippen LogP contribution in [0.3, 0.4) is 0 Å². The normalized spacial score (nSPS) is 10.7. The van der Waals surface area contributed by atoms with Crippen LogP contribution in [-0.2, 0) is 4.74 Å². The number of hydrogen-bond acceptors (Lipinski definition) is 3. The van der Waals surface area contributed by atoms with E-state index in [1.165, 1.54) is 6.08 Å². The van der Waals surface area contributed by atoms with Crippen LogP contribution in [0.25, 0.3) is 22.4 Å². The second-order valence-corrected chi connectivity index (χ2v) is 6.15. The summed E-state index contributed by atoms with van der Waals surface area (Å²) in [6.07, 6.45) is 1.53. The predicted octanol–water partition coefficient (Wildman–Crippen LogP) is 4.99. The zero-order chi connectivity index (χ0) is 16.4. The van der Waals surface area contributed by atoms with Gasteiger partial charge in [0, 0.05) is 10.0 Å². The lowest BCUT2D eigenvalue weighted by Crippen LogP contribution is -2.04. The molecule has 0 amide bonds. The summed E-state index contributed by atoms with van der Waals surface area (Å²) in [6.45, 7) is 3.70. The van der Waals surface area contributed by atoms with Crippen molar-refractivity contribution in [1.29, 1.82) is 0 Å². The molecular weight excluding hydrogens is 380 g/mol. The first-order chi connectivity index (χ1) is 11.1. The maximum Gasteiger partial charge on any atom is 0.338 e. The minimum atomic E-state index is -0.400. The molecule has 0 spiro atoms. The Kier molecular flexibility index (Phi) is 4.50. The van der Waals surface area contributed by atoms with Gasteiger partial charge >= 0.3 is 5.97 Å². The van der Waals surface area contributed by atoms with E-state index in [4.69, 9.17) is 16.3 Å². The summed E-state index contributed by atoms with van der Waals surface area (Å²) in [5.41, 5.74) is 2.73. The molecule has 0 bridgehead atoms. The molecule has 3 rings (SSSR count). The van der Waals surface area contributed by atoms with Crippen molar-refractivity contribution in [2.45, 2.75) is 0 Å². The molecular formula is C17H12BrClN2O2. The fourth-order valence-electron chi connectivity index (χ4n) is 2.16. The van der Waals surface area contributed by atoms with Gasteiger partial charge in [-0.3, -0.25) is 0 Å². The van der Waals surface area contributed by atoms with E-state index in [2.05, 4.69) is 32.5 Å². The number of H-pyrrole nitrogens is 1. The molecule has 0 saturated heterocycles. The summed E-state index contributed by atoms with van der Waals surface area (Å²) in [4.78, 5) is 19.6. The van der Waals surface area contributed by atoms with Crippen LogP contribution in [0, 0.1) is 0 Å². The number of nitrogens with zero attached hydrogens (tertiary/aromatic N) is 1. The number of benzene rings is 2. The zero-order valence-corrected chi connectivity index (χ0v) is 14.3. The maximum absolute atomic E-state index is 11.9. The van der Waals surface area contributed by atoms with Crippen LogP contribution in [0.4, 0.5) is 0 Å². The summed E-state index contributed by atoms with van der Waals surface area (Å²) < 4.78 is 5.94. The van der Waals surface area contributed by atoms with E-state index in [-0.39, 0.29) is 6.61 Å². The van der Waals surface area contributed by atoms with Gasteiger partial charge in [0.2, 0.25) is 0 Å². The van der Waals surface area contributed by atoms with E-state index in [1.54, 1.807) is 24.3 Å². The number of imidazole rings is 1. The topological polar surface area (TPSA) is 55.0 Å². The third-order valence-corrected chi connectivity index (χ3v) is 4.06. The van der Waals surface area contributed by atoms with Gasteiger partial charge in [0.15, 0.2) is 0 Å². The van der Waals surface area contributed by atoms with Crippen molar-refractivity contribution in [3.63, 3.8) is 0 Å². The number of ether oxygens (including phenoxy) is 1. The Morgan fingerprint density at radius 3 is 2.96 bits per heavy atom. The Labute approximate surface area is 146 Å². The lowest BCUT2D eigenvalue weighted by molar-refractivity contribution is 0.0550. The average molecular weight is 392 g/mol. The minimum Gasteiger partial charge on any atom is -0.458 e. The highest BCUT2D eigenvalue weighted by molar-refractivity contribution is 9.10. The monoisotopic (exact) mass is 390 g/mol. The van der Waals surface area contributed by atoms with E-state index in [9.17, 15) is 4.79 Å². The smallest absolute Gasteiger partial charge is 0.338 e. The molecule has 0 atom stereocenters. The maximum atomic E-state index is 11.9. The third kappa shape index (κ3) is 3.30. The zero-order valence-electron chi connectivity index (χ0n) is 12.0. The minimum absolute atomic E-state index is 0.179. The summed E-state index contributed by atoms with van der Waals surface area (Å²) in [6, 6.07) is 10.7. The van der Waals surface area contributed by atoms with Gasteiger partial charge in [-0.15, -0.1) is 0 Å². The van der Waals surface area contributed by atoms with Crippen molar-refractivity contribution in [1.82, 2.24) is 9.97 Å². The van der Waals surface area contributed by atoms with Gasteiger partial charge in [-0.2, -0.15) is 0 Å². The molecule has 3 aromatic rings. The third-order valence-electron chi connectivity index (χ3n) is 3.23. The van der Waals surface area contributed by atoms with Gasteiger partial charge in [-0.1, -0.05) is 40.2 Å². The quantitative estimate of drug-likeness (QED) is 0.503. The molecule has 23 heavy (non-hydrogen) atoms. The molecule has 0 fully saturated rings. The molecule has 0 aliphatic carbocycles. The van der Waals surface area contributed by atoms with Crippen molar-refractivity contribution in [3.8, 4) is 11.4 Å². The van der Waals surface area contributed by atoms with Crippen LogP contribution < -0.4 is 0 Å². The number of carbonyl (C=O) groups excluding carboxylic acids is 1. The highest BCUT2D eigenvalue weighted by Crippen LogP contribution is 2.30. The summed E-state index contributed by atoms with van der Waals surface area (Å²) in [7, 11) is 0. The Morgan fingerprint density at radius 1 is 1.35 bits per heavy atom. The molecule has 116 valence electrons. The number of carbonyl (C=O) groups is 1. The Bertz CT molecular complexity index is 905. The second-order valence-electron chi connectivity index (χ2n) is 4.83. The van der Waals surface area contributed by atoms with Crippen LogP contribution in [-0.4, -0.2) is 22.5 Å². The number of rotatable bonds is 4. The van der Waals surface area contributed by atoms with Crippen molar-refractivity contribution < 1.29 is 9.53 Å².